The van der Waals surface area contributed by atoms with Crippen molar-refractivity contribution in [2.75, 3.05) is 26.2 Å². The summed E-state index contributed by atoms with van der Waals surface area (Å²) < 4.78 is 27.6. The van der Waals surface area contributed by atoms with Gasteiger partial charge in [-0.3, -0.25) is 0 Å². The lowest BCUT2D eigenvalue weighted by Crippen LogP contribution is -2.53. The SMILES string of the molecule is Cc1ccc(S(=O)(=O)N2CCN(C(=O)N[C@H](c3ccccc3)C3CC3)CC2)c(C)c1. The lowest BCUT2D eigenvalue weighted by Gasteiger charge is -2.35. The number of rotatable bonds is 5. The Balaban J connectivity index is 1.39. The fraction of sp³-hybridized carbons (Fsp3) is 0.435. The van der Waals surface area contributed by atoms with Crippen molar-refractivity contribution < 1.29 is 13.2 Å². The summed E-state index contributed by atoms with van der Waals surface area (Å²) in [6.45, 7) is 5.17. The van der Waals surface area contributed by atoms with Crippen LogP contribution in [0.2, 0.25) is 0 Å². The molecule has 0 bridgehead atoms. The smallest absolute Gasteiger partial charge is 0.317 e. The van der Waals surface area contributed by atoms with E-state index in [1.54, 1.807) is 11.0 Å². The van der Waals surface area contributed by atoms with Crippen LogP contribution in [-0.4, -0.2) is 49.8 Å². The summed E-state index contributed by atoms with van der Waals surface area (Å²) in [4.78, 5) is 15.0. The van der Waals surface area contributed by atoms with Crippen LogP contribution in [0.5, 0.6) is 0 Å². The van der Waals surface area contributed by atoms with Gasteiger partial charge in [0.15, 0.2) is 0 Å². The third-order valence-corrected chi connectivity index (χ3v) is 8.06. The Morgan fingerprint density at radius 1 is 1.00 bits per heavy atom. The largest absolute Gasteiger partial charge is 0.331 e. The molecule has 7 heteroatoms. The molecule has 1 heterocycles. The van der Waals surface area contributed by atoms with E-state index in [0.29, 0.717) is 37.0 Å². The summed E-state index contributed by atoms with van der Waals surface area (Å²) in [5.41, 5.74) is 2.92. The number of nitrogens with zero attached hydrogens (tertiary/aromatic N) is 2. The van der Waals surface area contributed by atoms with Gasteiger partial charge in [0, 0.05) is 26.2 Å². The van der Waals surface area contributed by atoms with Crippen molar-refractivity contribution in [3.63, 3.8) is 0 Å². The van der Waals surface area contributed by atoms with Crippen LogP contribution < -0.4 is 5.32 Å². The summed E-state index contributed by atoms with van der Waals surface area (Å²) in [5.74, 6) is 0.488. The quantitative estimate of drug-likeness (QED) is 0.794. The number of piperazine rings is 1. The zero-order valence-electron chi connectivity index (χ0n) is 17.5. The third kappa shape index (κ3) is 4.37. The van der Waals surface area contributed by atoms with E-state index < -0.39 is 10.0 Å². The number of nitrogens with one attached hydrogen (secondary N) is 1. The van der Waals surface area contributed by atoms with Gasteiger partial charge in [-0.2, -0.15) is 4.31 Å². The highest BCUT2D eigenvalue weighted by molar-refractivity contribution is 7.89. The molecule has 160 valence electrons. The highest BCUT2D eigenvalue weighted by atomic mass is 32.2. The molecule has 0 unspecified atom stereocenters. The second-order valence-corrected chi connectivity index (χ2v) is 10.2. The van der Waals surface area contributed by atoms with Gasteiger partial charge in [-0.05, 0) is 49.8 Å². The fourth-order valence-corrected chi connectivity index (χ4v) is 5.77. The van der Waals surface area contributed by atoms with Crippen LogP contribution in [0.15, 0.2) is 53.4 Å². The molecule has 1 saturated carbocycles. The minimum atomic E-state index is -3.55. The van der Waals surface area contributed by atoms with E-state index >= 15 is 0 Å². The molecule has 4 rings (SSSR count). The van der Waals surface area contributed by atoms with Gasteiger partial charge in [-0.1, -0.05) is 48.0 Å². The molecule has 1 saturated heterocycles. The second-order valence-electron chi connectivity index (χ2n) is 8.34. The molecular formula is C23H29N3O3S. The number of sulfonamides is 1. The van der Waals surface area contributed by atoms with Gasteiger partial charge in [0.05, 0.1) is 10.9 Å². The first-order valence-electron chi connectivity index (χ1n) is 10.5. The molecule has 1 aliphatic heterocycles. The Hall–Kier alpha value is -2.38. The van der Waals surface area contributed by atoms with Crippen molar-refractivity contribution in [1.82, 2.24) is 14.5 Å². The van der Waals surface area contributed by atoms with Gasteiger partial charge < -0.3 is 10.2 Å². The van der Waals surface area contributed by atoms with E-state index in [9.17, 15) is 13.2 Å². The Kier molecular flexibility index (Phi) is 5.84. The molecule has 1 atom stereocenters. The molecule has 6 nitrogen and oxygen atoms in total. The van der Waals surface area contributed by atoms with Gasteiger partial charge in [0.2, 0.25) is 10.0 Å². The molecule has 1 aliphatic carbocycles. The number of urea groups is 1. The van der Waals surface area contributed by atoms with Crippen LogP contribution in [0.4, 0.5) is 4.79 Å². The molecule has 0 spiro atoms. The predicted octanol–water partition coefficient (Wildman–Crippen LogP) is 3.47. The first-order valence-corrected chi connectivity index (χ1v) is 12.0. The van der Waals surface area contributed by atoms with Crippen molar-refractivity contribution >= 4 is 16.1 Å². The van der Waals surface area contributed by atoms with E-state index in [1.807, 2.05) is 44.2 Å². The average molecular weight is 428 g/mol. The van der Waals surface area contributed by atoms with Gasteiger partial charge in [-0.15, -0.1) is 0 Å². The van der Waals surface area contributed by atoms with Crippen LogP contribution in [-0.2, 0) is 10.0 Å². The van der Waals surface area contributed by atoms with Gasteiger partial charge in [-0.25, -0.2) is 13.2 Å². The molecule has 2 aromatic carbocycles. The van der Waals surface area contributed by atoms with Crippen molar-refractivity contribution in [1.29, 1.82) is 0 Å². The van der Waals surface area contributed by atoms with Gasteiger partial charge >= 0.3 is 6.03 Å². The molecular weight excluding hydrogens is 398 g/mol. The first-order chi connectivity index (χ1) is 14.4. The van der Waals surface area contributed by atoms with E-state index in [1.165, 1.54) is 4.31 Å². The van der Waals surface area contributed by atoms with Crippen molar-refractivity contribution in [3.8, 4) is 0 Å². The average Bonchev–Trinajstić information content (AvgIpc) is 3.57. The lowest BCUT2D eigenvalue weighted by atomic mass is 10.0. The molecule has 30 heavy (non-hydrogen) atoms. The molecule has 2 aromatic rings. The summed E-state index contributed by atoms with van der Waals surface area (Å²) in [7, 11) is -3.55. The highest BCUT2D eigenvalue weighted by Crippen LogP contribution is 2.41. The summed E-state index contributed by atoms with van der Waals surface area (Å²) in [6.07, 6.45) is 2.25. The minimum absolute atomic E-state index is 0.0238. The number of carbonyl (C=O) groups excluding carboxylic acids is 1. The van der Waals surface area contributed by atoms with E-state index in [0.717, 1.165) is 29.5 Å². The number of aryl methyl sites for hydroxylation is 2. The van der Waals surface area contributed by atoms with E-state index in [2.05, 4.69) is 17.4 Å². The van der Waals surface area contributed by atoms with Crippen LogP contribution >= 0.6 is 0 Å². The van der Waals surface area contributed by atoms with E-state index in [4.69, 9.17) is 0 Å². The summed E-state index contributed by atoms with van der Waals surface area (Å²) in [6, 6.07) is 15.4. The van der Waals surface area contributed by atoms with E-state index in [-0.39, 0.29) is 12.1 Å². The number of hydrogen-bond acceptors (Lipinski definition) is 3. The van der Waals surface area contributed by atoms with Gasteiger partial charge in [0.1, 0.15) is 0 Å². The number of carbonyl (C=O) groups is 1. The topological polar surface area (TPSA) is 69.7 Å². The van der Waals surface area contributed by atoms with Crippen molar-refractivity contribution in [3.05, 3.63) is 65.2 Å². The maximum atomic E-state index is 13.1. The van der Waals surface area contributed by atoms with Crippen LogP contribution in [0, 0.1) is 19.8 Å². The summed E-state index contributed by atoms with van der Waals surface area (Å²) in [5, 5.41) is 3.18. The molecule has 2 aliphatic rings. The first kappa shape index (κ1) is 20.9. The molecule has 1 N–H and O–H groups in total. The Morgan fingerprint density at radius 3 is 2.27 bits per heavy atom. The molecule has 2 fully saturated rings. The maximum Gasteiger partial charge on any atom is 0.317 e. The van der Waals surface area contributed by atoms with Crippen LogP contribution in [0.25, 0.3) is 0 Å². The second kappa shape index (κ2) is 8.40. The third-order valence-electron chi connectivity index (χ3n) is 6.01. The zero-order chi connectivity index (χ0) is 21.3. The number of hydrogen-bond donors (Lipinski definition) is 1. The maximum absolute atomic E-state index is 13.1. The molecule has 0 aromatic heterocycles. The highest BCUT2D eigenvalue weighted by Gasteiger charge is 2.36. The minimum Gasteiger partial charge on any atom is -0.331 e. The number of benzene rings is 2. The Bertz CT molecular complexity index is 1010. The standard InChI is InChI=1S/C23H29N3O3S/c1-17-8-11-21(18(2)16-17)30(28,29)26-14-12-25(13-15-26)23(27)24-22(20-9-10-20)19-6-4-3-5-7-19/h3-8,11,16,20,22H,9-10,12-15H2,1-2H3,(H,24,27)/t22-/m1/s1. The van der Waals surface area contributed by atoms with Crippen LogP contribution in [0.3, 0.4) is 0 Å². The predicted molar refractivity (Wildman–Crippen MR) is 117 cm³/mol. The van der Waals surface area contributed by atoms with Crippen LogP contribution in [0.1, 0.15) is 35.6 Å². The van der Waals surface area contributed by atoms with Crippen molar-refractivity contribution in [2.24, 2.45) is 5.92 Å². The number of amides is 2. The Morgan fingerprint density at radius 2 is 1.67 bits per heavy atom. The zero-order valence-corrected chi connectivity index (χ0v) is 18.4. The van der Waals surface area contributed by atoms with Gasteiger partial charge in [0.25, 0.3) is 0 Å². The summed E-state index contributed by atoms with van der Waals surface area (Å²) >= 11 is 0. The monoisotopic (exact) mass is 427 g/mol. The Labute approximate surface area is 178 Å². The lowest BCUT2D eigenvalue weighted by molar-refractivity contribution is 0.167. The normalized spacial score (nSPS) is 18.8. The molecule has 0 radical (unpaired) electrons. The van der Waals surface area contributed by atoms with Crippen molar-refractivity contribution in [2.45, 2.75) is 37.6 Å². The molecule has 2 amide bonds. The fourth-order valence-electron chi connectivity index (χ4n) is 4.15.